The van der Waals surface area contributed by atoms with E-state index in [1.54, 1.807) is 17.0 Å². The number of nitrogens with zero attached hydrogens (tertiary/aromatic N) is 3. The number of thioether (sulfide) groups is 1. The first kappa shape index (κ1) is 20.3. The Balaban J connectivity index is 1.65. The van der Waals surface area contributed by atoms with Crippen LogP contribution in [0.2, 0.25) is 10.0 Å². The molecule has 27 heavy (non-hydrogen) atoms. The number of benzene rings is 1. The second-order valence-electron chi connectivity index (χ2n) is 7.26. The zero-order valence-corrected chi connectivity index (χ0v) is 17.7. The van der Waals surface area contributed by atoms with Crippen molar-refractivity contribution in [3.8, 4) is 0 Å². The highest BCUT2D eigenvalue weighted by Gasteiger charge is 2.36. The molecule has 9 heteroatoms. The van der Waals surface area contributed by atoms with Gasteiger partial charge >= 0.3 is 6.09 Å². The first-order valence-electron chi connectivity index (χ1n) is 8.63. The van der Waals surface area contributed by atoms with Crippen molar-refractivity contribution in [2.24, 2.45) is 0 Å². The molecule has 0 aliphatic carbocycles. The predicted molar refractivity (Wildman–Crippen MR) is 105 cm³/mol. The number of carbonyl (C=O) groups is 1. The SMILES string of the molecule is CC(C)(C)OC(=O)N1CCC[C@@H]1c1nnc(SCc2ccc(Cl)cc2Cl)o1. The highest BCUT2D eigenvalue weighted by molar-refractivity contribution is 7.98. The zero-order chi connectivity index (χ0) is 19.6. The summed E-state index contributed by atoms with van der Waals surface area (Å²) in [4.78, 5) is 14.1. The molecule has 2 aromatic rings. The van der Waals surface area contributed by atoms with Crippen LogP contribution in [0.25, 0.3) is 0 Å². The molecule has 3 rings (SSSR count). The summed E-state index contributed by atoms with van der Waals surface area (Å²) >= 11 is 13.5. The third kappa shape index (κ3) is 5.30. The molecule has 0 unspecified atom stereocenters. The molecule has 1 fully saturated rings. The first-order chi connectivity index (χ1) is 12.7. The number of likely N-dealkylation sites (tertiary alicyclic amines) is 1. The standard InChI is InChI=1S/C18H21Cl2N3O3S/c1-18(2,3)26-17(24)23-8-4-5-14(23)15-21-22-16(25-15)27-10-11-6-7-12(19)9-13(11)20/h6-7,9,14H,4-5,8,10H2,1-3H3/t14-/m1/s1. The van der Waals surface area contributed by atoms with Gasteiger partial charge in [-0.05, 0) is 51.3 Å². The Hall–Kier alpha value is -1.44. The quantitative estimate of drug-likeness (QED) is 0.576. The van der Waals surface area contributed by atoms with Gasteiger partial charge in [0.15, 0.2) is 0 Å². The minimum Gasteiger partial charge on any atom is -0.444 e. The van der Waals surface area contributed by atoms with E-state index in [2.05, 4.69) is 10.2 Å². The van der Waals surface area contributed by atoms with Gasteiger partial charge in [-0.2, -0.15) is 0 Å². The van der Waals surface area contributed by atoms with Crippen LogP contribution in [0.1, 0.15) is 51.1 Å². The minimum atomic E-state index is -0.544. The lowest BCUT2D eigenvalue weighted by Crippen LogP contribution is -2.36. The van der Waals surface area contributed by atoms with Crippen LogP contribution in [0.5, 0.6) is 0 Å². The normalized spacial score (nSPS) is 17.4. The van der Waals surface area contributed by atoms with E-state index in [9.17, 15) is 4.79 Å². The van der Waals surface area contributed by atoms with Crippen LogP contribution in [-0.4, -0.2) is 33.3 Å². The molecule has 0 bridgehead atoms. The molecule has 0 radical (unpaired) electrons. The molecule has 1 amide bonds. The van der Waals surface area contributed by atoms with Crippen molar-refractivity contribution in [3.05, 3.63) is 39.7 Å². The summed E-state index contributed by atoms with van der Waals surface area (Å²) in [6, 6.07) is 5.12. The topological polar surface area (TPSA) is 68.5 Å². The van der Waals surface area contributed by atoms with Crippen LogP contribution in [0.15, 0.2) is 27.8 Å². The van der Waals surface area contributed by atoms with Crippen molar-refractivity contribution in [1.29, 1.82) is 0 Å². The molecule has 2 heterocycles. The molecule has 6 nitrogen and oxygen atoms in total. The van der Waals surface area contributed by atoms with Gasteiger partial charge in [0, 0.05) is 22.3 Å². The summed E-state index contributed by atoms with van der Waals surface area (Å²) in [5.74, 6) is 1.01. The lowest BCUT2D eigenvalue weighted by Gasteiger charge is -2.27. The summed E-state index contributed by atoms with van der Waals surface area (Å²) < 4.78 is 11.3. The van der Waals surface area contributed by atoms with E-state index in [4.69, 9.17) is 32.4 Å². The van der Waals surface area contributed by atoms with Crippen molar-refractivity contribution in [2.75, 3.05) is 6.54 Å². The second kappa shape index (κ2) is 8.29. The molecule has 0 spiro atoms. The van der Waals surface area contributed by atoms with E-state index in [1.807, 2.05) is 26.8 Å². The van der Waals surface area contributed by atoms with Gasteiger partial charge in [-0.15, -0.1) is 10.2 Å². The van der Waals surface area contributed by atoms with Crippen LogP contribution in [-0.2, 0) is 10.5 Å². The van der Waals surface area contributed by atoms with Gasteiger partial charge in [0.05, 0.1) is 0 Å². The molecule has 1 aliphatic heterocycles. The number of amides is 1. The Kier molecular flexibility index (Phi) is 6.23. The van der Waals surface area contributed by atoms with Gasteiger partial charge in [-0.3, -0.25) is 4.90 Å². The summed E-state index contributed by atoms with van der Waals surface area (Å²) in [6.07, 6.45) is 1.29. The van der Waals surface area contributed by atoms with Gasteiger partial charge in [-0.25, -0.2) is 4.79 Å². The summed E-state index contributed by atoms with van der Waals surface area (Å²) in [5, 5.41) is 9.86. The fraction of sp³-hybridized carbons (Fsp3) is 0.500. The van der Waals surface area contributed by atoms with Gasteiger partial charge < -0.3 is 9.15 Å². The average molecular weight is 430 g/mol. The fourth-order valence-electron chi connectivity index (χ4n) is 2.75. The van der Waals surface area contributed by atoms with Crippen LogP contribution < -0.4 is 0 Å². The molecular formula is C18H21Cl2N3O3S. The number of rotatable bonds is 4. The number of carbonyl (C=O) groups excluding carboxylic acids is 1. The third-order valence-electron chi connectivity index (χ3n) is 3.95. The molecular weight excluding hydrogens is 409 g/mol. The molecule has 1 aromatic heterocycles. The summed E-state index contributed by atoms with van der Waals surface area (Å²) in [5.41, 5.74) is 0.389. The van der Waals surface area contributed by atoms with Crippen molar-refractivity contribution in [3.63, 3.8) is 0 Å². The van der Waals surface area contributed by atoms with E-state index >= 15 is 0 Å². The maximum atomic E-state index is 12.4. The van der Waals surface area contributed by atoms with Crippen molar-refractivity contribution >= 4 is 41.1 Å². The highest BCUT2D eigenvalue weighted by Crippen LogP contribution is 2.34. The number of halogens is 2. The Morgan fingerprint density at radius 1 is 1.37 bits per heavy atom. The van der Waals surface area contributed by atoms with Gasteiger partial charge in [0.2, 0.25) is 5.89 Å². The maximum Gasteiger partial charge on any atom is 0.410 e. The number of hydrogen-bond donors (Lipinski definition) is 0. The molecule has 1 aromatic carbocycles. The monoisotopic (exact) mass is 429 g/mol. The van der Waals surface area contributed by atoms with E-state index in [-0.39, 0.29) is 12.1 Å². The first-order valence-corrected chi connectivity index (χ1v) is 10.4. The van der Waals surface area contributed by atoms with Crippen LogP contribution in [0.4, 0.5) is 4.79 Å². The van der Waals surface area contributed by atoms with Gasteiger partial charge in [0.25, 0.3) is 5.22 Å². The van der Waals surface area contributed by atoms with E-state index < -0.39 is 5.60 Å². The van der Waals surface area contributed by atoms with E-state index in [0.29, 0.717) is 33.5 Å². The Labute approximate surface area is 172 Å². The smallest absolute Gasteiger partial charge is 0.410 e. The van der Waals surface area contributed by atoms with Crippen LogP contribution in [0.3, 0.4) is 0 Å². The van der Waals surface area contributed by atoms with Gasteiger partial charge in [0.1, 0.15) is 11.6 Å². The lowest BCUT2D eigenvalue weighted by atomic mass is 10.2. The Morgan fingerprint density at radius 3 is 2.85 bits per heavy atom. The lowest BCUT2D eigenvalue weighted by molar-refractivity contribution is 0.0201. The third-order valence-corrected chi connectivity index (χ3v) is 5.41. The summed E-state index contributed by atoms with van der Waals surface area (Å²) in [7, 11) is 0. The molecule has 0 N–H and O–H groups in total. The largest absolute Gasteiger partial charge is 0.444 e. The molecule has 146 valence electrons. The molecule has 0 saturated carbocycles. The number of hydrogen-bond acceptors (Lipinski definition) is 6. The minimum absolute atomic E-state index is 0.249. The van der Waals surface area contributed by atoms with E-state index in [0.717, 1.165) is 18.4 Å². The molecule has 1 aliphatic rings. The average Bonchev–Trinajstić information content (AvgIpc) is 3.21. The zero-order valence-electron chi connectivity index (χ0n) is 15.4. The molecule has 1 atom stereocenters. The Morgan fingerprint density at radius 2 is 2.15 bits per heavy atom. The van der Waals surface area contributed by atoms with Crippen LogP contribution in [0, 0.1) is 0 Å². The van der Waals surface area contributed by atoms with Crippen molar-refractivity contribution in [2.45, 2.75) is 56.2 Å². The number of ether oxygens (including phenoxy) is 1. The van der Waals surface area contributed by atoms with Gasteiger partial charge in [-0.1, -0.05) is 41.0 Å². The van der Waals surface area contributed by atoms with Crippen LogP contribution >= 0.6 is 35.0 Å². The highest BCUT2D eigenvalue weighted by atomic mass is 35.5. The Bertz CT molecular complexity index is 822. The van der Waals surface area contributed by atoms with Crippen molar-refractivity contribution < 1.29 is 13.9 Å². The summed E-state index contributed by atoms with van der Waals surface area (Å²) in [6.45, 7) is 6.16. The van der Waals surface area contributed by atoms with E-state index in [1.165, 1.54) is 11.8 Å². The molecule has 1 saturated heterocycles. The number of aromatic nitrogens is 2. The maximum absolute atomic E-state index is 12.4. The second-order valence-corrected chi connectivity index (χ2v) is 9.03. The predicted octanol–water partition coefficient (Wildman–Crippen LogP) is 5.74. The van der Waals surface area contributed by atoms with Crippen molar-refractivity contribution in [1.82, 2.24) is 15.1 Å². The fourth-order valence-corrected chi connectivity index (χ4v) is 4.08.